The Labute approximate surface area is 301 Å². The largest absolute Gasteiger partial charge is 0.393 e. The average molecular weight is 699 g/mol. The second-order valence-corrected chi connectivity index (χ2v) is 19.6. The van der Waals surface area contributed by atoms with Crippen LogP contribution >= 0.6 is 0 Å². The van der Waals surface area contributed by atoms with E-state index < -0.39 is 45.9 Å². The van der Waals surface area contributed by atoms with Gasteiger partial charge in [-0.05, 0) is 150 Å². The summed E-state index contributed by atoms with van der Waals surface area (Å²) in [5.74, 6) is 0.847. The van der Waals surface area contributed by atoms with Crippen LogP contribution in [0.3, 0.4) is 0 Å². The van der Waals surface area contributed by atoms with Crippen molar-refractivity contribution in [2.75, 3.05) is 6.54 Å². The van der Waals surface area contributed by atoms with Crippen LogP contribution in [0.15, 0.2) is 11.6 Å². The van der Waals surface area contributed by atoms with Gasteiger partial charge in [-0.3, -0.25) is 4.79 Å². The highest BCUT2D eigenvalue weighted by Gasteiger charge is 2.74. The van der Waals surface area contributed by atoms with E-state index in [1.165, 1.54) is 19.3 Å². The molecule has 0 spiro atoms. The number of nitrogens with two attached hydrogens (primary N) is 1. The van der Waals surface area contributed by atoms with Gasteiger partial charge in [-0.2, -0.15) is 0 Å². The number of ether oxygens (including phenoxy) is 1. The zero-order valence-corrected chi connectivity index (χ0v) is 31.9. The molecule has 6 fully saturated rings. The number of hydrogen-bond acceptors (Lipinski definition) is 8. The van der Waals surface area contributed by atoms with Crippen molar-refractivity contribution in [3.8, 4) is 0 Å². The van der Waals surface area contributed by atoms with Gasteiger partial charge in [0.05, 0.1) is 29.1 Å². The van der Waals surface area contributed by atoms with E-state index in [-0.39, 0.29) is 35.1 Å². The molecule has 0 amide bonds. The number of rotatable bonds is 10. The van der Waals surface area contributed by atoms with Crippen LogP contribution in [0.5, 0.6) is 0 Å². The van der Waals surface area contributed by atoms with Gasteiger partial charge in [0.1, 0.15) is 12.2 Å². The number of piperidine rings is 1. The van der Waals surface area contributed by atoms with Gasteiger partial charge < -0.3 is 36.2 Å². The Hall–Kier alpha value is -0.870. The normalized spacial score (nSPS) is 46.2. The van der Waals surface area contributed by atoms with Gasteiger partial charge in [0.15, 0.2) is 5.78 Å². The van der Waals surface area contributed by atoms with E-state index in [4.69, 9.17) is 10.5 Å². The van der Waals surface area contributed by atoms with Gasteiger partial charge in [0.2, 0.25) is 0 Å². The van der Waals surface area contributed by atoms with Crippen LogP contribution < -0.4 is 11.1 Å². The molecule has 4 saturated carbocycles. The Kier molecular flexibility index (Phi) is 9.86. The molecule has 0 radical (unpaired) electrons. The third kappa shape index (κ3) is 5.66. The third-order valence-electron chi connectivity index (χ3n) is 16.9. The molecule has 0 aromatic rings. The molecule has 13 atom stereocenters. The molecular weight excluding hydrogens is 628 g/mol. The second-order valence-electron chi connectivity index (χ2n) is 19.6. The number of hydrogen-bond donors (Lipinski definition) is 6. The topological polar surface area (TPSA) is 149 Å². The Morgan fingerprint density at radius 1 is 0.940 bits per heavy atom. The quantitative estimate of drug-likeness (QED) is 0.154. The highest BCUT2D eigenvalue weighted by atomic mass is 16.6. The fraction of sp³-hybridized carbons (Fsp3) is 0.929. The number of aliphatic hydroxyl groups is 4. The standard InChI is InChI=1S/C42H70N2O6/c1-6-17-41(48,36-35(50-36)39(5,47)37(2,3)18-12-26-16-22-44-34(43)23-26)33-15-21-42(49)30-25-32(46)31-24-28(45)13-20-40(31,27-10-8-7-9-11-27)29(30)14-19-38(33,42)4/h25-29,31,33-36,44-45,47-49H,6-24,43H2,1-5H3/t26?,28-,29+,31+,33+,34?,35-,36+,38+,39-,40-,41+,42-/m0/s1. The minimum atomic E-state index is -1.20. The summed E-state index contributed by atoms with van der Waals surface area (Å²) in [4.78, 5) is 14.2. The molecule has 8 nitrogen and oxygen atoms in total. The minimum absolute atomic E-state index is 0.0383. The predicted octanol–water partition coefficient (Wildman–Crippen LogP) is 5.92. The lowest BCUT2D eigenvalue weighted by Crippen LogP contribution is -2.63. The van der Waals surface area contributed by atoms with Crippen molar-refractivity contribution in [2.45, 2.75) is 191 Å². The van der Waals surface area contributed by atoms with Crippen molar-refractivity contribution >= 4 is 5.78 Å². The van der Waals surface area contributed by atoms with Crippen molar-refractivity contribution in [3.05, 3.63) is 11.6 Å². The van der Waals surface area contributed by atoms with Gasteiger partial charge in [0.25, 0.3) is 0 Å². The molecule has 5 aliphatic carbocycles. The van der Waals surface area contributed by atoms with Crippen molar-refractivity contribution in [1.82, 2.24) is 5.32 Å². The summed E-state index contributed by atoms with van der Waals surface area (Å²) in [7, 11) is 0. The second kappa shape index (κ2) is 13.2. The van der Waals surface area contributed by atoms with Crippen LogP contribution in [0.1, 0.15) is 150 Å². The van der Waals surface area contributed by atoms with E-state index in [0.29, 0.717) is 37.5 Å². The number of ketones is 1. The zero-order valence-electron chi connectivity index (χ0n) is 31.9. The molecule has 7 N–H and O–H groups in total. The summed E-state index contributed by atoms with van der Waals surface area (Å²) in [6.07, 6.45) is 16.6. The number of carbonyl (C=O) groups is 1. The smallest absolute Gasteiger partial charge is 0.159 e. The average Bonchev–Trinajstić information content (AvgIpc) is 3.85. The summed E-state index contributed by atoms with van der Waals surface area (Å²) in [6.45, 7) is 11.4. The summed E-state index contributed by atoms with van der Waals surface area (Å²) < 4.78 is 6.46. The Bertz CT molecular complexity index is 1310. The van der Waals surface area contributed by atoms with E-state index in [9.17, 15) is 25.2 Å². The number of allylic oxidation sites excluding steroid dienone is 1. The molecule has 8 heteroatoms. The Balaban J connectivity index is 1.15. The lowest BCUT2D eigenvalue weighted by atomic mass is 9.41. The first-order chi connectivity index (χ1) is 23.5. The molecule has 7 rings (SSSR count). The van der Waals surface area contributed by atoms with Crippen LogP contribution in [0.25, 0.3) is 0 Å². The molecular formula is C42H70N2O6. The predicted molar refractivity (Wildman–Crippen MR) is 195 cm³/mol. The lowest BCUT2D eigenvalue weighted by Gasteiger charge is -2.63. The van der Waals surface area contributed by atoms with E-state index in [2.05, 4.69) is 33.0 Å². The van der Waals surface area contributed by atoms with Gasteiger partial charge in [0, 0.05) is 11.3 Å². The summed E-state index contributed by atoms with van der Waals surface area (Å²) in [5, 5.41) is 52.5. The number of fused-ring (bicyclic) bond motifs is 5. The monoisotopic (exact) mass is 699 g/mol. The van der Waals surface area contributed by atoms with Gasteiger partial charge in [-0.25, -0.2) is 0 Å². The SMILES string of the molecule is CCC[C@](O)([C@@H]1O[C@@H]1[C@](C)(O)C(C)(C)CCC1CCNC(N)C1)[C@@H]1CC[C@]2(O)C3=CC(=O)[C@H]4C[C@@H](O)CC[C@]4(C4CCCCC4)[C@@H]3CC[C@]12C. The highest BCUT2D eigenvalue weighted by molar-refractivity contribution is 5.95. The first kappa shape index (κ1) is 37.4. The van der Waals surface area contributed by atoms with E-state index in [0.717, 1.165) is 82.7 Å². The molecule has 50 heavy (non-hydrogen) atoms. The molecule has 2 aliphatic heterocycles. The van der Waals surface area contributed by atoms with Crippen LogP contribution in [0.2, 0.25) is 0 Å². The molecule has 7 aliphatic rings. The first-order valence-electron chi connectivity index (χ1n) is 20.8. The zero-order chi connectivity index (χ0) is 35.9. The third-order valence-corrected chi connectivity index (χ3v) is 16.9. The van der Waals surface area contributed by atoms with E-state index in [1.54, 1.807) is 0 Å². The first-order valence-corrected chi connectivity index (χ1v) is 20.8. The molecule has 0 aromatic carbocycles. The van der Waals surface area contributed by atoms with Crippen molar-refractivity contribution < 1.29 is 30.0 Å². The van der Waals surface area contributed by atoms with Crippen molar-refractivity contribution in [3.63, 3.8) is 0 Å². The maximum atomic E-state index is 14.2. The summed E-state index contributed by atoms with van der Waals surface area (Å²) in [5.41, 5.74) is 2.36. The molecule has 0 aromatic heterocycles. The minimum Gasteiger partial charge on any atom is -0.393 e. The molecule has 2 unspecified atom stereocenters. The van der Waals surface area contributed by atoms with Crippen LogP contribution in [0, 0.1) is 45.8 Å². The van der Waals surface area contributed by atoms with Gasteiger partial charge in [-0.15, -0.1) is 0 Å². The number of carbonyl (C=O) groups excluding carboxylic acids is 1. The molecule has 2 saturated heterocycles. The Morgan fingerprint density at radius 3 is 2.38 bits per heavy atom. The van der Waals surface area contributed by atoms with Crippen LogP contribution in [-0.2, 0) is 9.53 Å². The maximum Gasteiger partial charge on any atom is 0.159 e. The molecule has 284 valence electrons. The number of epoxide rings is 1. The van der Waals surface area contributed by atoms with Crippen molar-refractivity contribution in [2.24, 2.45) is 51.6 Å². The van der Waals surface area contributed by atoms with E-state index >= 15 is 0 Å². The fourth-order valence-corrected chi connectivity index (χ4v) is 13.6. The van der Waals surface area contributed by atoms with Crippen LogP contribution in [0.4, 0.5) is 0 Å². The molecule has 0 bridgehead atoms. The maximum absolute atomic E-state index is 14.2. The fourth-order valence-electron chi connectivity index (χ4n) is 13.6. The highest BCUT2D eigenvalue weighted by Crippen LogP contribution is 2.72. The van der Waals surface area contributed by atoms with Crippen LogP contribution in [-0.4, -0.2) is 74.0 Å². The van der Waals surface area contributed by atoms with E-state index in [1.807, 2.05) is 13.0 Å². The summed E-state index contributed by atoms with van der Waals surface area (Å²) >= 11 is 0. The number of aliphatic hydroxyl groups excluding tert-OH is 1. The molecule has 2 heterocycles. The van der Waals surface area contributed by atoms with Crippen molar-refractivity contribution in [1.29, 1.82) is 0 Å². The Morgan fingerprint density at radius 2 is 1.68 bits per heavy atom. The van der Waals surface area contributed by atoms with Gasteiger partial charge >= 0.3 is 0 Å². The van der Waals surface area contributed by atoms with Gasteiger partial charge in [-0.1, -0.05) is 53.4 Å². The lowest BCUT2D eigenvalue weighted by molar-refractivity contribution is -0.168. The summed E-state index contributed by atoms with van der Waals surface area (Å²) in [6, 6.07) is 0. The number of nitrogens with one attached hydrogen (secondary N) is 1.